The lowest BCUT2D eigenvalue weighted by Crippen LogP contribution is -2.52. The van der Waals surface area contributed by atoms with E-state index in [4.69, 9.17) is 10.2 Å². The molecule has 0 aliphatic carbocycles. The number of benzene rings is 1. The number of rotatable bonds is 5. The smallest absolute Gasteiger partial charge is 0.295 e. The van der Waals surface area contributed by atoms with Crippen molar-refractivity contribution in [2.75, 3.05) is 33.3 Å². The average Bonchev–Trinajstić information content (AvgIpc) is 3.60. The molecule has 1 aliphatic heterocycles. The van der Waals surface area contributed by atoms with Crippen molar-refractivity contribution in [2.45, 2.75) is 13.8 Å². The first kappa shape index (κ1) is 18.7. The fraction of sp³-hybridized carbons (Fsp3) is 0.280. The van der Waals surface area contributed by atoms with Gasteiger partial charge < -0.3 is 19.5 Å². The average molecular weight is 492 g/mol. The highest BCUT2D eigenvalue weighted by Crippen LogP contribution is 2.31. The number of hydrogen-bond donors (Lipinski definition) is 1. The number of nitrogens with one attached hydrogen (secondary N) is 1. The number of methoxy groups -OCH3 is 1. The number of carbonyl (C=O) groups is 3. The first-order chi connectivity index (χ1) is 19.0. The molecule has 4 aromatic rings. The predicted molar refractivity (Wildman–Crippen MR) is 130 cm³/mol. The number of hydrogen-bond acceptors (Lipinski definition) is 7. The predicted octanol–water partition coefficient (Wildman–Crippen LogP) is 1.94. The van der Waals surface area contributed by atoms with E-state index in [-0.39, 0.29) is 55.0 Å². The minimum atomic E-state index is -0.769. The molecular weight excluding hydrogens is 462 g/mol. The largest absolute Gasteiger partial charge is 0.494 e. The zero-order valence-corrected chi connectivity index (χ0v) is 19.9. The van der Waals surface area contributed by atoms with E-state index in [1.54, 1.807) is 6.92 Å². The Bertz CT molecular complexity index is 1660. The second kappa shape index (κ2) is 9.25. The van der Waals surface area contributed by atoms with Gasteiger partial charge in [0, 0.05) is 37.9 Å². The van der Waals surface area contributed by atoms with Gasteiger partial charge in [0.05, 0.1) is 35.3 Å². The van der Waals surface area contributed by atoms with Crippen molar-refractivity contribution in [1.29, 1.82) is 0 Å². The summed E-state index contributed by atoms with van der Waals surface area (Å²) in [5, 5.41) is 4.63. The van der Waals surface area contributed by atoms with Crippen LogP contribution in [-0.4, -0.2) is 85.4 Å². The molecule has 0 bridgehead atoms. The topological polar surface area (TPSA) is 126 Å². The summed E-state index contributed by atoms with van der Waals surface area (Å²) in [5.74, 6) is -0.983. The van der Waals surface area contributed by atoms with Crippen molar-refractivity contribution in [2.24, 2.45) is 0 Å². The van der Waals surface area contributed by atoms with Crippen molar-refractivity contribution < 1.29 is 24.6 Å². The second-order valence-corrected chi connectivity index (χ2v) is 8.25. The molecule has 184 valence electrons. The molecule has 1 saturated heterocycles. The molecule has 11 heteroatoms. The maximum Gasteiger partial charge on any atom is 0.295 e. The first-order valence-electron chi connectivity index (χ1n) is 13.2. The number of piperazine rings is 1. The molecule has 1 aliphatic rings. The number of Topliss-reactive ketones (excluding diaryl/α,β-unsaturated/α-hetero) is 1. The third kappa shape index (κ3) is 4.08. The third-order valence-electron chi connectivity index (χ3n) is 5.95. The van der Waals surface area contributed by atoms with E-state index in [9.17, 15) is 14.4 Å². The van der Waals surface area contributed by atoms with Crippen LogP contribution in [0.3, 0.4) is 0 Å². The van der Waals surface area contributed by atoms with Crippen molar-refractivity contribution in [3.8, 4) is 11.6 Å². The lowest BCUT2D eigenvalue weighted by molar-refractivity contribution is -0.127. The maximum atomic E-state index is 13.4. The van der Waals surface area contributed by atoms with E-state index in [0.29, 0.717) is 28.3 Å². The first-order valence-corrected chi connectivity index (χ1v) is 11.2. The third-order valence-corrected chi connectivity index (χ3v) is 5.95. The van der Waals surface area contributed by atoms with Gasteiger partial charge in [0.2, 0.25) is 0 Å². The number of aromatic nitrogens is 5. The number of aromatic amines is 1. The van der Waals surface area contributed by atoms with Crippen molar-refractivity contribution in [1.82, 2.24) is 34.5 Å². The molecule has 1 N–H and O–H groups in total. The molecule has 36 heavy (non-hydrogen) atoms. The Morgan fingerprint density at radius 1 is 1.03 bits per heavy atom. The molecule has 3 aromatic heterocycles. The minimum Gasteiger partial charge on any atom is -0.494 e. The molecule has 0 atom stereocenters. The molecule has 0 radical (unpaired) electrons. The molecular formula is C25H25N7O4. The van der Waals surface area contributed by atoms with Crippen molar-refractivity contribution in [3.63, 3.8) is 0 Å². The van der Waals surface area contributed by atoms with Crippen LogP contribution < -0.4 is 4.74 Å². The number of H-pyrrole nitrogens is 1. The highest BCUT2D eigenvalue weighted by Gasteiger charge is 2.31. The van der Waals surface area contributed by atoms with Crippen LogP contribution in [0.25, 0.3) is 16.7 Å². The van der Waals surface area contributed by atoms with Crippen molar-refractivity contribution in [3.05, 3.63) is 65.4 Å². The number of aryl methyl sites for hydroxylation is 1. The van der Waals surface area contributed by atoms with Crippen LogP contribution in [0.15, 0.2) is 42.9 Å². The standard InChI is InChI=1S/C25H25N7O4/c1-15-4-6-17(7-5-15)24(34)30-8-10-31(11-9-30)25(35)22(33)18-12-26-21-20(18)19(36-3)13-27-23(21)32-14-28-16(2)29-32/h4-7,12-14,26H,8-11H2,1-3H3/i4D,5D,6D,7D. The van der Waals surface area contributed by atoms with Gasteiger partial charge in [-0.1, -0.05) is 17.6 Å². The fourth-order valence-corrected chi connectivity index (χ4v) is 4.07. The van der Waals surface area contributed by atoms with Crippen LogP contribution >= 0.6 is 0 Å². The van der Waals surface area contributed by atoms with Gasteiger partial charge >= 0.3 is 0 Å². The summed E-state index contributed by atoms with van der Waals surface area (Å²) in [6, 6.07) is -1.34. The molecule has 5 rings (SSSR count). The van der Waals surface area contributed by atoms with Crippen LogP contribution in [0.5, 0.6) is 5.75 Å². The highest BCUT2D eigenvalue weighted by molar-refractivity contribution is 6.45. The zero-order valence-electron chi connectivity index (χ0n) is 23.9. The normalized spacial score (nSPS) is 15.3. The molecule has 4 heterocycles. The number of ether oxygens (including phenoxy) is 1. The number of carbonyl (C=O) groups excluding carboxylic acids is 3. The van der Waals surface area contributed by atoms with Gasteiger partial charge in [0.25, 0.3) is 17.6 Å². The summed E-state index contributed by atoms with van der Waals surface area (Å²) in [6.07, 6.45) is 4.34. The van der Waals surface area contributed by atoms with Crippen LogP contribution in [0.2, 0.25) is 0 Å². The molecule has 1 aromatic carbocycles. The van der Waals surface area contributed by atoms with Crippen LogP contribution in [0.4, 0.5) is 0 Å². The van der Waals surface area contributed by atoms with Gasteiger partial charge in [-0.25, -0.2) is 14.6 Å². The Morgan fingerprint density at radius 3 is 2.36 bits per heavy atom. The monoisotopic (exact) mass is 491 g/mol. The minimum absolute atomic E-state index is 0.0504. The summed E-state index contributed by atoms with van der Waals surface area (Å²) in [7, 11) is 1.43. The number of ketones is 1. The summed E-state index contributed by atoms with van der Waals surface area (Å²) in [5.41, 5.74) is 0.385. The summed E-state index contributed by atoms with van der Waals surface area (Å²) in [4.78, 5) is 53.9. The maximum absolute atomic E-state index is 13.4. The van der Waals surface area contributed by atoms with Crippen LogP contribution in [-0.2, 0) is 4.79 Å². The SMILES string of the molecule is [2H]c1c([2H])c(C(=O)N2CCN(C(=O)C(=O)c3c[nH]c4c(-n5cnc(C)n5)ncc(OC)c34)CC2)c([2H])c([2H])c1C. The van der Waals surface area contributed by atoms with Gasteiger partial charge in [-0.3, -0.25) is 14.4 Å². The Kier molecular flexibility index (Phi) is 4.82. The summed E-state index contributed by atoms with van der Waals surface area (Å²) in [6.45, 7) is 3.41. The molecule has 0 saturated carbocycles. The molecule has 2 amide bonds. The van der Waals surface area contributed by atoms with Gasteiger partial charge in [-0.05, 0) is 25.9 Å². The van der Waals surface area contributed by atoms with Gasteiger partial charge in [-0.2, -0.15) is 5.10 Å². The quantitative estimate of drug-likeness (QED) is 0.334. The Morgan fingerprint density at radius 2 is 1.72 bits per heavy atom. The summed E-state index contributed by atoms with van der Waals surface area (Å²) >= 11 is 0. The number of nitrogens with zero attached hydrogens (tertiary/aromatic N) is 6. The molecule has 11 nitrogen and oxygen atoms in total. The fourth-order valence-electron chi connectivity index (χ4n) is 4.07. The van der Waals surface area contributed by atoms with E-state index in [1.807, 2.05) is 0 Å². The molecule has 0 unspecified atom stereocenters. The van der Waals surface area contributed by atoms with Crippen LogP contribution in [0.1, 0.15) is 37.6 Å². The van der Waals surface area contributed by atoms with E-state index in [0.717, 1.165) is 0 Å². The molecule has 1 fully saturated rings. The Balaban J connectivity index is 1.36. The highest BCUT2D eigenvalue weighted by atomic mass is 16.5. The van der Waals surface area contributed by atoms with Gasteiger partial charge in [-0.15, -0.1) is 0 Å². The second-order valence-electron chi connectivity index (χ2n) is 8.25. The zero-order chi connectivity index (χ0) is 28.9. The van der Waals surface area contributed by atoms with E-state index >= 15 is 0 Å². The number of fused-ring (bicyclic) bond motifs is 1. The van der Waals surface area contributed by atoms with Crippen molar-refractivity contribution >= 4 is 28.5 Å². The number of pyridine rings is 1. The Hall–Kier alpha value is -4.54. The Labute approximate surface area is 212 Å². The van der Waals surface area contributed by atoms with Gasteiger partial charge in [0.15, 0.2) is 5.82 Å². The van der Waals surface area contributed by atoms with Crippen LogP contribution in [0, 0.1) is 13.8 Å². The van der Waals surface area contributed by atoms with E-state index in [1.165, 1.54) is 47.2 Å². The van der Waals surface area contributed by atoms with Gasteiger partial charge in [0.1, 0.15) is 17.9 Å². The summed E-state index contributed by atoms with van der Waals surface area (Å²) < 4.78 is 39.2. The lowest BCUT2D eigenvalue weighted by atomic mass is 10.1. The molecule has 0 spiro atoms. The van der Waals surface area contributed by atoms with E-state index in [2.05, 4.69) is 20.1 Å². The van der Waals surface area contributed by atoms with E-state index < -0.39 is 29.7 Å². The number of amides is 2. The lowest BCUT2D eigenvalue weighted by Gasteiger charge is -2.34.